The standard InChI is InChI=1S/C25H35F3/c1-15(2)18-7-8-21-12-19(9-10-20(21)11-18)16-3-5-17(6-4-16)22-13-23(26)25(28)24(27)14-22/h13-21H,3-12H2,1-2H3/t16?,17?,18-,19+,20-,21+/m0/s1. The van der Waals surface area contributed by atoms with Crippen molar-refractivity contribution < 1.29 is 13.2 Å². The van der Waals surface area contributed by atoms with E-state index in [1.54, 1.807) is 0 Å². The molecule has 0 N–H and O–H groups in total. The van der Waals surface area contributed by atoms with Crippen LogP contribution >= 0.6 is 0 Å². The summed E-state index contributed by atoms with van der Waals surface area (Å²) in [6.07, 6.45) is 12.8. The van der Waals surface area contributed by atoms with E-state index >= 15 is 0 Å². The monoisotopic (exact) mass is 392 g/mol. The van der Waals surface area contributed by atoms with Gasteiger partial charge in [-0.15, -0.1) is 0 Å². The van der Waals surface area contributed by atoms with Gasteiger partial charge in [-0.05, 0) is 123 Å². The molecule has 1 aromatic rings. The molecular formula is C25H35F3. The quantitative estimate of drug-likeness (QED) is 0.459. The summed E-state index contributed by atoms with van der Waals surface area (Å²) < 4.78 is 40.4. The molecule has 0 saturated heterocycles. The fraction of sp³-hybridized carbons (Fsp3) is 0.760. The maximum Gasteiger partial charge on any atom is 0.194 e. The Morgan fingerprint density at radius 2 is 1.18 bits per heavy atom. The highest BCUT2D eigenvalue weighted by molar-refractivity contribution is 5.23. The lowest BCUT2D eigenvalue weighted by atomic mass is 9.60. The van der Waals surface area contributed by atoms with Gasteiger partial charge in [0.2, 0.25) is 0 Å². The predicted octanol–water partition coefficient (Wildman–Crippen LogP) is 7.87. The van der Waals surface area contributed by atoms with Crippen molar-refractivity contribution in [2.45, 2.75) is 84.0 Å². The molecule has 3 fully saturated rings. The molecule has 0 heterocycles. The van der Waals surface area contributed by atoms with Gasteiger partial charge in [0.15, 0.2) is 17.5 Å². The van der Waals surface area contributed by atoms with Crippen LogP contribution in [0, 0.1) is 53.0 Å². The van der Waals surface area contributed by atoms with E-state index in [9.17, 15) is 13.2 Å². The molecular weight excluding hydrogens is 357 g/mol. The zero-order valence-electron chi connectivity index (χ0n) is 17.4. The van der Waals surface area contributed by atoms with Crippen molar-refractivity contribution in [1.29, 1.82) is 0 Å². The fourth-order valence-electron chi connectivity index (χ4n) is 6.73. The SMILES string of the molecule is CC(C)[C@H]1CC[C@@H]2C[C@H](C3CCC(c4cc(F)c(F)c(F)c4)CC3)CC[C@H]2C1. The second-order valence-electron chi connectivity index (χ2n) is 10.3. The number of rotatable bonds is 3. The lowest BCUT2D eigenvalue weighted by Gasteiger charge is -2.46. The smallest absolute Gasteiger partial charge is 0.194 e. The van der Waals surface area contributed by atoms with E-state index in [0.29, 0.717) is 5.56 Å². The first-order valence-electron chi connectivity index (χ1n) is 11.6. The highest BCUT2D eigenvalue weighted by Gasteiger charge is 2.39. The van der Waals surface area contributed by atoms with Crippen LogP contribution in [0.25, 0.3) is 0 Å². The number of hydrogen-bond donors (Lipinski definition) is 0. The molecule has 28 heavy (non-hydrogen) atoms. The third kappa shape index (κ3) is 4.14. The van der Waals surface area contributed by atoms with Gasteiger partial charge >= 0.3 is 0 Å². The first-order chi connectivity index (χ1) is 13.4. The molecule has 0 aliphatic heterocycles. The van der Waals surface area contributed by atoms with Gasteiger partial charge in [-0.1, -0.05) is 13.8 Å². The van der Waals surface area contributed by atoms with E-state index in [1.165, 1.54) is 50.7 Å². The fourth-order valence-corrected chi connectivity index (χ4v) is 6.73. The highest BCUT2D eigenvalue weighted by atomic mass is 19.2. The second kappa shape index (κ2) is 8.40. The Labute approximate surface area is 168 Å². The predicted molar refractivity (Wildman–Crippen MR) is 108 cm³/mol. The van der Waals surface area contributed by atoms with Crippen molar-refractivity contribution in [2.24, 2.45) is 35.5 Å². The number of hydrogen-bond acceptors (Lipinski definition) is 0. The normalized spacial score (nSPS) is 36.4. The van der Waals surface area contributed by atoms with E-state index in [1.807, 2.05) is 0 Å². The third-order valence-electron chi connectivity index (χ3n) is 8.55. The Morgan fingerprint density at radius 1 is 0.679 bits per heavy atom. The first kappa shape index (κ1) is 20.3. The molecule has 0 bridgehead atoms. The van der Waals surface area contributed by atoms with E-state index in [-0.39, 0.29) is 5.92 Å². The van der Waals surface area contributed by atoms with Gasteiger partial charge in [0.05, 0.1) is 0 Å². The molecule has 4 atom stereocenters. The topological polar surface area (TPSA) is 0 Å². The van der Waals surface area contributed by atoms with Gasteiger partial charge in [0, 0.05) is 0 Å². The number of halogens is 3. The van der Waals surface area contributed by atoms with Gasteiger partial charge < -0.3 is 0 Å². The summed E-state index contributed by atoms with van der Waals surface area (Å²) in [5.74, 6) is 2.01. The van der Waals surface area contributed by atoms with Gasteiger partial charge in [-0.25, -0.2) is 13.2 Å². The molecule has 0 aromatic heterocycles. The Balaban J connectivity index is 1.31. The summed E-state index contributed by atoms with van der Waals surface area (Å²) in [6, 6.07) is 2.42. The molecule has 3 heteroatoms. The lowest BCUT2D eigenvalue weighted by Crippen LogP contribution is -2.35. The molecule has 3 saturated carbocycles. The van der Waals surface area contributed by atoms with Crippen molar-refractivity contribution >= 4 is 0 Å². The van der Waals surface area contributed by atoms with Crippen LogP contribution in [0.15, 0.2) is 12.1 Å². The van der Waals surface area contributed by atoms with Crippen molar-refractivity contribution in [3.63, 3.8) is 0 Å². The van der Waals surface area contributed by atoms with Gasteiger partial charge in [0.25, 0.3) is 0 Å². The second-order valence-corrected chi connectivity index (χ2v) is 10.3. The molecule has 0 spiro atoms. The summed E-state index contributed by atoms with van der Waals surface area (Å²) >= 11 is 0. The summed E-state index contributed by atoms with van der Waals surface area (Å²) in [5, 5.41) is 0. The molecule has 3 aliphatic rings. The van der Waals surface area contributed by atoms with E-state index < -0.39 is 17.5 Å². The van der Waals surface area contributed by atoms with E-state index in [2.05, 4.69) is 13.8 Å². The maximum atomic E-state index is 13.6. The van der Waals surface area contributed by atoms with Crippen molar-refractivity contribution in [3.05, 3.63) is 35.1 Å². The van der Waals surface area contributed by atoms with Crippen LogP contribution < -0.4 is 0 Å². The minimum absolute atomic E-state index is 0.179. The lowest BCUT2D eigenvalue weighted by molar-refractivity contribution is 0.0534. The van der Waals surface area contributed by atoms with Crippen molar-refractivity contribution in [1.82, 2.24) is 0 Å². The zero-order chi connectivity index (χ0) is 19.8. The number of benzene rings is 1. The Kier molecular flexibility index (Phi) is 6.09. The average molecular weight is 393 g/mol. The summed E-state index contributed by atoms with van der Waals surface area (Å²) in [5.41, 5.74) is 0.644. The van der Waals surface area contributed by atoms with Crippen LogP contribution in [0.5, 0.6) is 0 Å². The van der Waals surface area contributed by atoms with Crippen LogP contribution in [0.4, 0.5) is 13.2 Å². The Bertz CT molecular complexity index is 651. The molecule has 3 aliphatic carbocycles. The average Bonchev–Trinajstić information content (AvgIpc) is 2.71. The number of fused-ring (bicyclic) bond motifs is 1. The molecule has 0 nitrogen and oxygen atoms in total. The van der Waals surface area contributed by atoms with E-state index in [0.717, 1.165) is 61.2 Å². The molecule has 4 rings (SSSR count). The minimum Gasteiger partial charge on any atom is -0.204 e. The van der Waals surface area contributed by atoms with Crippen LogP contribution in [0.1, 0.15) is 89.5 Å². The van der Waals surface area contributed by atoms with Crippen molar-refractivity contribution in [3.8, 4) is 0 Å². The van der Waals surface area contributed by atoms with Crippen LogP contribution in [-0.4, -0.2) is 0 Å². The summed E-state index contributed by atoms with van der Waals surface area (Å²) in [6.45, 7) is 4.77. The van der Waals surface area contributed by atoms with Crippen molar-refractivity contribution in [2.75, 3.05) is 0 Å². The third-order valence-corrected chi connectivity index (χ3v) is 8.55. The molecule has 0 unspecified atom stereocenters. The van der Waals surface area contributed by atoms with Gasteiger partial charge in [-0.2, -0.15) is 0 Å². The first-order valence-corrected chi connectivity index (χ1v) is 11.6. The van der Waals surface area contributed by atoms with Crippen LogP contribution in [0.2, 0.25) is 0 Å². The molecule has 156 valence electrons. The summed E-state index contributed by atoms with van der Waals surface area (Å²) in [7, 11) is 0. The Hall–Kier alpha value is -0.990. The largest absolute Gasteiger partial charge is 0.204 e. The minimum atomic E-state index is -1.35. The van der Waals surface area contributed by atoms with Gasteiger partial charge in [-0.3, -0.25) is 0 Å². The van der Waals surface area contributed by atoms with Crippen LogP contribution in [0.3, 0.4) is 0 Å². The van der Waals surface area contributed by atoms with E-state index in [4.69, 9.17) is 0 Å². The molecule has 1 aromatic carbocycles. The molecule has 0 radical (unpaired) electrons. The van der Waals surface area contributed by atoms with Gasteiger partial charge in [0.1, 0.15) is 0 Å². The summed E-state index contributed by atoms with van der Waals surface area (Å²) in [4.78, 5) is 0. The highest BCUT2D eigenvalue weighted by Crippen LogP contribution is 2.50. The molecule has 0 amide bonds. The van der Waals surface area contributed by atoms with Crippen LogP contribution in [-0.2, 0) is 0 Å². The zero-order valence-corrected chi connectivity index (χ0v) is 17.4. The maximum absolute atomic E-state index is 13.6. The Morgan fingerprint density at radius 3 is 1.79 bits per heavy atom.